The van der Waals surface area contributed by atoms with Gasteiger partial charge < -0.3 is 8.83 Å². The predicted molar refractivity (Wildman–Crippen MR) is 87.2 cm³/mol. The number of aromatic nitrogens is 2. The summed E-state index contributed by atoms with van der Waals surface area (Å²) in [5.74, 6) is -0.955. The Balaban J connectivity index is 1.93. The van der Waals surface area contributed by atoms with Crippen LogP contribution in [0.1, 0.15) is 23.2 Å². The van der Waals surface area contributed by atoms with Gasteiger partial charge in [-0.25, -0.2) is 0 Å². The Kier molecular flexibility index (Phi) is 4.19. The molecule has 0 fully saturated rings. The minimum absolute atomic E-state index is 0.104. The second-order valence-electron chi connectivity index (χ2n) is 5.05. The van der Waals surface area contributed by atoms with E-state index in [0.29, 0.717) is 5.69 Å². The number of nitro groups is 2. The molecule has 0 N–H and O–H groups in total. The van der Waals surface area contributed by atoms with Crippen LogP contribution in [-0.2, 0) is 0 Å². The maximum absolute atomic E-state index is 11.8. The average molecular weight is 358 g/mol. The van der Waals surface area contributed by atoms with Crippen molar-refractivity contribution in [3.05, 3.63) is 62.0 Å². The number of hydrogen-bond acceptors (Lipinski definition) is 8. The zero-order chi connectivity index (χ0) is 18.8. The predicted octanol–water partition coefficient (Wildman–Crippen LogP) is 3.38. The van der Waals surface area contributed by atoms with Crippen LogP contribution in [0.25, 0.3) is 23.6 Å². The van der Waals surface area contributed by atoms with Crippen LogP contribution in [0.5, 0.6) is 0 Å². The van der Waals surface area contributed by atoms with Crippen molar-refractivity contribution in [1.82, 2.24) is 9.78 Å². The molecule has 11 nitrogen and oxygen atoms in total. The Bertz CT molecular complexity index is 1040. The SMILES string of the molecule is CC(=O)n1nc(/C=C/c2ccc([N+](=O)[O-])o2)cc1-c1ccc([N+](=O)[O-])o1. The Morgan fingerprint density at radius 2 is 1.73 bits per heavy atom. The summed E-state index contributed by atoms with van der Waals surface area (Å²) in [5, 5.41) is 25.4. The third-order valence-corrected chi connectivity index (χ3v) is 3.26. The lowest BCUT2D eigenvalue weighted by molar-refractivity contribution is -0.402. The van der Waals surface area contributed by atoms with E-state index in [-0.39, 0.29) is 17.2 Å². The van der Waals surface area contributed by atoms with E-state index < -0.39 is 27.5 Å². The van der Waals surface area contributed by atoms with Crippen molar-refractivity contribution < 1.29 is 23.5 Å². The highest BCUT2D eigenvalue weighted by molar-refractivity contribution is 5.81. The first-order valence-corrected chi connectivity index (χ1v) is 7.13. The maximum Gasteiger partial charge on any atom is 0.433 e. The highest BCUT2D eigenvalue weighted by Gasteiger charge is 2.19. The van der Waals surface area contributed by atoms with Gasteiger partial charge in [-0.2, -0.15) is 9.78 Å². The summed E-state index contributed by atoms with van der Waals surface area (Å²) in [5.41, 5.74) is 0.559. The van der Waals surface area contributed by atoms with Gasteiger partial charge in [-0.05, 0) is 30.4 Å². The van der Waals surface area contributed by atoms with Gasteiger partial charge in [-0.1, -0.05) is 0 Å². The van der Waals surface area contributed by atoms with Gasteiger partial charge in [0.05, 0.1) is 17.8 Å². The van der Waals surface area contributed by atoms with Crippen LogP contribution in [0.2, 0.25) is 0 Å². The van der Waals surface area contributed by atoms with Crippen LogP contribution in [0, 0.1) is 20.2 Å². The van der Waals surface area contributed by atoms with Crippen molar-refractivity contribution in [2.45, 2.75) is 6.92 Å². The molecule has 0 saturated carbocycles. The normalized spacial score (nSPS) is 11.1. The van der Waals surface area contributed by atoms with Gasteiger partial charge in [0.2, 0.25) is 5.91 Å². The molecule has 3 heterocycles. The van der Waals surface area contributed by atoms with Gasteiger partial charge >= 0.3 is 11.8 Å². The molecule has 0 aliphatic heterocycles. The Morgan fingerprint density at radius 3 is 2.31 bits per heavy atom. The molecule has 0 aliphatic carbocycles. The van der Waals surface area contributed by atoms with Crippen LogP contribution < -0.4 is 0 Å². The largest absolute Gasteiger partial charge is 0.433 e. The lowest BCUT2D eigenvalue weighted by Gasteiger charge is -1.98. The number of nitrogens with zero attached hydrogens (tertiary/aromatic N) is 4. The van der Waals surface area contributed by atoms with E-state index in [4.69, 9.17) is 8.83 Å². The van der Waals surface area contributed by atoms with Gasteiger partial charge in [0, 0.05) is 6.92 Å². The summed E-state index contributed by atoms with van der Waals surface area (Å²) in [4.78, 5) is 31.7. The topological polar surface area (TPSA) is 147 Å². The summed E-state index contributed by atoms with van der Waals surface area (Å²) in [6, 6.07) is 6.63. The van der Waals surface area contributed by atoms with Gasteiger partial charge in [-0.3, -0.25) is 25.0 Å². The minimum atomic E-state index is -0.692. The van der Waals surface area contributed by atoms with Crippen molar-refractivity contribution in [3.8, 4) is 11.5 Å². The lowest BCUT2D eigenvalue weighted by Crippen LogP contribution is -2.08. The molecule has 3 aromatic heterocycles. The lowest BCUT2D eigenvalue weighted by atomic mass is 10.2. The van der Waals surface area contributed by atoms with Crippen LogP contribution in [0.4, 0.5) is 11.8 Å². The summed E-state index contributed by atoms with van der Waals surface area (Å²) in [7, 11) is 0. The first-order chi connectivity index (χ1) is 12.3. The quantitative estimate of drug-likeness (QED) is 0.498. The smallest absolute Gasteiger partial charge is 0.401 e. The zero-order valence-electron chi connectivity index (χ0n) is 13.2. The molecular formula is C15H10N4O7. The molecule has 0 radical (unpaired) electrons. The molecular weight excluding hydrogens is 348 g/mol. The molecule has 11 heteroatoms. The Hall–Kier alpha value is -4.02. The van der Waals surface area contributed by atoms with Crippen molar-refractivity contribution in [2.75, 3.05) is 0 Å². The van der Waals surface area contributed by atoms with E-state index in [0.717, 1.165) is 4.68 Å². The molecule has 3 rings (SSSR count). The standard InChI is InChI=1S/C15H10N4O7/c1-9(20)17-12(13-5-7-15(26-13)19(23)24)8-10(16-17)2-3-11-4-6-14(25-11)18(21)22/h2-8H,1H3/b3-2+. The molecule has 0 unspecified atom stereocenters. The monoisotopic (exact) mass is 358 g/mol. The van der Waals surface area contributed by atoms with Crippen LogP contribution in [0.3, 0.4) is 0 Å². The molecule has 132 valence electrons. The molecule has 0 aromatic carbocycles. The van der Waals surface area contributed by atoms with Crippen LogP contribution in [0.15, 0.2) is 39.2 Å². The van der Waals surface area contributed by atoms with E-state index in [1.54, 1.807) is 0 Å². The molecule has 0 atom stereocenters. The minimum Gasteiger partial charge on any atom is -0.401 e. The van der Waals surface area contributed by atoms with E-state index in [1.807, 2.05) is 0 Å². The second kappa shape index (κ2) is 6.47. The summed E-state index contributed by atoms with van der Waals surface area (Å²) >= 11 is 0. The van der Waals surface area contributed by atoms with E-state index in [9.17, 15) is 25.0 Å². The van der Waals surface area contributed by atoms with Gasteiger partial charge in [0.15, 0.2) is 5.76 Å². The van der Waals surface area contributed by atoms with E-state index in [2.05, 4.69) is 5.10 Å². The molecule has 0 spiro atoms. The third kappa shape index (κ3) is 3.26. The highest BCUT2D eigenvalue weighted by Crippen LogP contribution is 2.27. The van der Waals surface area contributed by atoms with Crippen LogP contribution >= 0.6 is 0 Å². The number of hydrogen-bond donors (Lipinski definition) is 0. The summed E-state index contributed by atoms with van der Waals surface area (Å²) in [6.07, 6.45) is 2.91. The Labute approximate surface area is 144 Å². The molecule has 3 aromatic rings. The molecule has 0 aliphatic rings. The van der Waals surface area contributed by atoms with Crippen LogP contribution in [-0.4, -0.2) is 25.5 Å². The van der Waals surface area contributed by atoms with Crippen molar-refractivity contribution >= 4 is 29.8 Å². The van der Waals surface area contributed by atoms with Crippen molar-refractivity contribution in [1.29, 1.82) is 0 Å². The number of carbonyl (C=O) groups excluding carboxylic acids is 1. The summed E-state index contributed by atoms with van der Waals surface area (Å²) in [6.45, 7) is 1.28. The summed E-state index contributed by atoms with van der Waals surface area (Å²) < 4.78 is 11.1. The van der Waals surface area contributed by atoms with Gasteiger partial charge in [-0.15, -0.1) is 0 Å². The zero-order valence-corrected chi connectivity index (χ0v) is 13.2. The third-order valence-electron chi connectivity index (χ3n) is 3.26. The molecule has 0 bridgehead atoms. The maximum atomic E-state index is 11.8. The first-order valence-electron chi connectivity index (χ1n) is 7.13. The first kappa shape index (κ1) is 16.8. The van der Waals surface area contributed by atoms with Gasteiger partial charge in [0.25, 0.3) is 0 Å². The fourth-order valence-corrected chi connectivity index (χ4v) is 2.16. The fraction of sp³-hybridized carbons (Fsp3) is 0.0667. The number of rotatable bonds is 5. The Morgan fingerprint density at radius 1 is 1.08 bits per heavy atom. The van der Waals surface area contributed by atoms with E-state index in [1.165, 1.54) is 49.4 Å². The van der Waals surface area contributed by atoms with Crippen molar-refractivity contribution in [3.63, 3.8) is 0 Å². The highest BCUT2D eigenvalue weighted by atomic mass is 16.7. The van der Waals surface area contributed by atoms with Crippen molar-refractivity contribution in [2.24, 2.45) is 0 Å². The van der Waals surface area contributed by atoms with E-state index >= 15 is 0 Å². The average Bonchev–Trinajstić information content (AvgIpc) is 3.30. The second-order valence-corrected chi connectivity index (χ2v) is 5.05. The number of carbonyl (C=O) groups is 1. The molecule has 26 heavy (non-hydrogen) atoms. The van der Waals surface area contributed by atoms with Gasteiger partial charge in [0.1, 0.15) is 21.3 Å². The number of furan rings is 2. The molecule has 0 saturated heterocycles. The fourth-order valence-electron chi connectivity index (χ4n) is 2.16. The molecule has 0 amide bonds.